The van der Waals surface area contributed by atoms with Gasteiger partial charge in [0.25, 0.3) is 0 Å². The van der Waals surface area contributed by atoms with Crippen LogP contribution in [0.1, 0.15) is 6.42 Å². The van der Waals surface area contributed by atoms with Crippen LogP contribution in [0, 0.1) is 11.8 Å². The molecule has 1 aromatic heterocycles. The molecule has 0 bridgehead atoms. The average molecular weight is 323 g/mol. The van der Waals surface area contributed by atoms with Crippen molar-refractivity contribution in [2.24, 2.45) is 11.8 Å². The molecule has 0 spiro atoms. The number of morpholine rings is 1. The molecule has 2 fully saturated rings. The molecule has 2 aliphatic heterocycles. The zero-order valence-corrected chi connectivity index (χ0v) is 13.4. The number of aromatic nitrogens is 3. The molecule has 1 aromatic rings. The monoisotopic (exact) mass is 323 g/mol. The van der Waals surface area contributed by atoms with E-state index in [9.17, 15) is 9.90 Å². The first kappa shape index (κ1) is 16.4. The lowest BCUT2D eigenvalue weighted by molar-refractivity contribution is -0.135. The first-order valence-corrected chi connectivity index (χ1v) is 8.27. The number of hydrogen-bond donors (Lipinski definition) is 1. The molecule has 0 unspecified atom stereocenters. The summed E-state index contributed by atoms with van der Waals surface area (Å²) in [6.07, 6.45) is 4.23. The van der Waals surface area contributed by atoms with Crippen LogP contribution in [0.25, 0.3) is 0 Å². The van der Waals surface area contributed by atoms with E-state index in [0.717, 1.165) is 45.8 Å². The highest BCUT2D eigenvalue weighted by Crippen LogP contribution is 2.23. The summed E-state index contributed by atoms with van der Waals surface area (Å²) in [6, 6.07) is 0. The highest BCUT2D eigenvalue weighted by molar-refractivity contribution is 5.76. The second-order valence-electron chi connectivity index (χ2n) is 6.46. The molecule has 2 atom stereocenters. The summed E-state index contributed by atoms with van der Waals surface area (Å²) >= 11 is 0. The summed E-state index contributed by atoms with van der Waals surface area (Å²) in [5, 5.41) is 17.1. The lowest BCUT2D eigenvalue weighted by atomic mass is 9.89. The number of aliphatic hydroxyl groups is 1. The first-order chi connectivity index (χ1) is 11.2. The van der Waals surface area contributed by atoms with Crippen molar-refractivity contribution in [1.29, 1.82) is 0 Å². The fourth-order valence-corrected chi connectivity index (χ4v) is 3.49. The number of hydrogen-bond acceptors (Lipinski definition) is 6. The molecular formula is C15H25N5O3. The van der Waals surface area contributed by atoms with Gasteiger partial charge < -0.3 is 14.7 Å². The summed E-state index contributed by atoms with van der Waals surface area (Å²) in [7, 11) is 0. The minimum atomic E-state index is 0.0422. The molecule has 23 heavy (non-hydrogen) atoms. The van der Waals surface area contributed by atoms with E-state index in [1.807, 2.05) is 4.90 Å². The lowest BCUT2D eigenvalue weighted by Gasteiger charge is -2.40. The molecule has 2 saturated heterocycles. The van der Waals surface area contributed by atoms with Crippen LogP contribution in [0.4, 0.5) is 0 Å². The number of aliphatic hydroxyl groups excluding tert-OH is 1. The second-order valence-corrected chi connectivity index (χ2v) is 6.46. The van der Waals surface area contributed by atoms with Gasteiger partial charge in [-0.25, -0.2) is 4.68 Å². The van der Waals surface area contributed by atoms with E-state index < -0.39 is 0 Å². The Bertz CT molecular complexity index is 489. The van der Waals surface area contributed by atoms with Crippen molar-refractivity contribution < 1.29 is 14.6 Å². The Labute approximate surface area is 136 Å². The third-order valence-corrected chi connectivity index (χ3v) is 4.62. The highest BCUT2D eigenvalue weighted by atomic mass is 16.5. The van der Waals surface area contributed by atoms with Gasteiger partial charge in [0.2, 0.25) is 5.91 Å². The third kappa shape index (κ3) is 4.49. The Hall–Kier alpha value is -1.51. The number of piperidine rings is 1. The highest BCUT2D eigenvalue weighted by Gasteiger charge is 2.31. The predicted molar refractivity (Wildman–Crippen MR) is 82.5 cm³/mol. The maximum absolute atomic E-state index is 12.5. The molecule has 3 heterocycles. The van der Waals surface area contributed by atoms with Gasteiger partial charge in [-0.2, -0.15) is 0 Å². The zero-order chi connectivity index (χ0) is 16.1. The molecule has 128 valence electrons. The number of ether oxygens (including phenoxy) is 1. The molecule has 2 aliphatic rings. The van der Waals surface area contributed by atoms with E-state index in [2.05, 4.69) is 15.2 Å². The SMILES string of the molecule is O=C(Cn1ccnn1)N1C[C@H](CO)C[C@@H](CN2CCOCC2)C1. The Balaban J connectivity index is 1.57. The van der Waals surface area contributed by atoms with Crippen LogP contribution in [-0.4, -0.2) is 88.4 Å². The van der Waals surface area contributed by atoms with Crippen molar-refractivity contribution in [3.8, 4) is 0 Å². The molecule has 0 radical (unpaired) electrons. The van der Waals surface area contributed by atoms with Crippen molar-refractivity contribution in [1.82, 2.24) is 24.8 Å². The van der Waals surface area contributed by atoms with E-state index in [1.54, 1.807) is 17.1 Å². The van der Waals surface area contributed by atoms with Gasteiger partial charge in [0.15, 0.2) is 0 Å². The number of carbonyl (C=O) groups is 1. The first-order valence-electron chi connectivity index (χ1n) is 8.27. The van der Waals surface area contributed by atoms with Crippen LogP contribution in [0.3, 0.4) is 0 Å². The van der Waals surface area contributed by atoms with Crippen molar-refractivity contribution in [2.75, 3.05) is 52.5 Å². The Morgan fingerprint density at radius 1 is 1.26 bits per heavy atom. The van der Waals surface area contributed by atoms with Crippen LogP contribution >= 0.6 is 0 Å². The summed E-state index contributed by atoms with van der Waals surface area (Å²) in [6.45, 7) is 6.16. The quantitative estimate of drug-likeness (QED) is 0.753. The van der Waals surface area contributed by atoms with Crippen LogP contribution in [0.5, 0.6) is 0 Å². The normalized spacial score (nSPS) is 26.4. The third-order valence-electron chi connectivity index (χ3n) is 4.62. The van der Waals surface area contributed by atoms with Gasteiger partial charge in [-0.05, 0) is 18.3 Å². The average Bonchev–Trinajstić information content (AvgIpc) is 3.08. The molecule has 0 aliphatic carbocycles. The summed E-state index contributed by atoms with van der Waals surface area (Å²) in [4.78, 5) is 16.8. The fourth-order valence-electron chi connectivity index (χ4n) is 3.49. The van der Waals surface area contributed by atoms with Crippen molar-refractivity contribution in [3.63, 3.8) is 0 Å². The summed E-state index contributed by atoms with van der Waals surface area (Å²) in [5.41, 5.74) is 0. The van der Waals surface area contributed by atoms with Gasteiger partial charge in [-0.15, -0.1) is 5.10 Å². The summed E-state index contributed by atoms with van der Waals surface area (Å²) in [5.74, 6) is 0.605. The van der Waals surface area contributed by atoms with Gasteiger partial charge in [0.05, 0.1) is 19.4 Å². The van der Waals surface area contributed by atoms with Gasteiger partial charge in [-0.1, -0.05) is 5.21 Å². The number of amides is 1. The number of nitrogens with zero attached hydrogens (tertiary/aromatic N) is 5. The largest absolute Gasteiger partial charge is 0.396 e. The molecule has 3 rings (SSSR count). The minimum Gasteiger partial charge on any atom is -0.396 e. The van der Waals surface area contributed by atoms with Gasteiger partial charge in [-0.3, -0.25) is 9.69 Å². The summed E-state index contributed by atoms with van der Waals surface area (Å²) < 4.78 is 6.93. The maximum Gasteiger partial charge on any atom is 0.244 e. The standard InChI is InChI=1S/C15H25N5O3/c21-12-14-7-13(8-18-3-5-23-6-4-18)9-19(10-14)15(22)11-20-2-1-16-17-20/h1-2,13-14,21H,3-12H2/t13-,14+/m0/s1. The number of rotatable bonds is 5. The lowest BCUT2D eigenvalue weighted by Crippen LogP contribution is -2.50. The van der Waals surface area contributed by atoms with Crippen molar-refractivity contribution in [3.05, 3.63) is 12.4 Å². The van der Waals surface area contributed by atoms with Crippen LogP contribution in [0.15, 0.2) is 12.4 Å². The van der Waals surface area contributed by atoms with Crippen LogP contribution in [0.2, 0.25) is 0 Å². The Kier molecular flexibility index (Phi) is 5.58. The number of carbonyl (C=O) groups excluding carboxylic acids is 1. The zero-order valence-electron chi connectivity index (χ0n) is 13.4. The van der Waals surface area contributed by atoms with Crippen LogP contribution in [-0.2, 0) is 16.1 Å². The molecule has 0 aromatic carbocycles. The van der Waals surface area contributed by atoms with Gasteiger partial charge in [0.1, 0.15) is 6.54 Å². The fraction of sp³-hybridized carbons (Fsp3) is 0.800. The van der Waals surface area contributed by atoms with E-state index in [0.29, 0.717) is 12.5 Å². The maximum atomic E-state index is 12.5. The molecule has 1 N–H and O–H groups in total. The predicted octanol–water partition coefficient (Wildman–Crippen LogP) is -0.933. The van der Waals surface area contributed by atoms with E-state index in [4.69, 9.17) is 4.74 Å². The molecular weight excluding hydrogens is 298 g/mol. The molecule has 8 nitrogen and oxygen atoms in total. The van der Waals surface area contributed by atoms with Gasteiger partial charge in [0, 0.05) is 45.5 Å². The van der Waals surface area contributed by atoms with E-state index in [-0.39, 0.29) is 25.0 Å². The molecule has 0 saturated carbocycles. The number of likely N-dealkylation sites (tertiary alicyclic amines) is 1. The van der Waals surface area contributed by atoms with Crippen molar-refractivity contribution >= 4 is 5.91 Å². The smallest absolute Gasteiger partial charge is 0.244 e. The van der Waals surface area contributed by atoms with E-state index in [1.165, 1.54) is 0 Å². The Morgan fingerprint density at radius 3 is 2.74 bits per heavy atom. The van der Waals surface area contributed by atoms with Crippen LogP contribution < -0.4 is 0 Å². The Morgan fingerprint density at radius 2 is 2.04 bits per heavy atom. The molecule has 1 amide bonds. The van der Waals surface area contributed by atoms with Gasteiger partial charge >= 0.3 is 0 Å². The minimum absolute atomic E-state index is 0.0422. The van der Waals surface area contributed by atoms with Crippen molar-refractivity contribution in [2.45, 2.75) is 13.0 Å². The molecule has 8 heteroatoms. The topological polar surface area (TPSA) is 83.7 Å². The van der Waals surface area contributed by atoms with E-state index >= 15 is 0 Å². The second kappa shape index (κ2) is 7.85.